The molecule has 4 aliphatic rings. The van der Waals surface area contributed by atoms with Crippen LogP contribution >= 0.6 is 0 Å². The van der Waals surface area contributed by atoms with Gasteiger partial charge in [-0.25, -0.2) is 15.3 Å². The number of hydrogen-bond acceptors (Lipinski definition) is 24. The fraction of sp³-hybridized carbons (Fsp3) is 0.562. The van der Waals surface area contributed by atoms with Gasteiger partial charge in [0.05, 0.1) is 52.0 Å². The van der Waals surface area contributed by atoms with Crippen molar-refractivity contribution < 1.29 is 75.9 Å². The number of carbonyl (C=O) groups excluding carboxylic acids is 2. The molecule has 0 spiro atoms. The van der Waals surface area contributed by atoms with Gasteiger partial charge >= 0.3 is 0 Å². The molecule has 0 aliphatic carbocycles. The second-order valence-electron chi connectivity index (χ2n) is 38.9. The standard InChI is InChI=1S/2C16H24N2O3.C16H26N2O3.2C16H24N2O2.C16H26N2O2/c1-9-6-12(16(3,4)5)15(20)10(2)11(9)7-13-17-8-14(19)18(13)21;1-10-8-13(16(3,4)5)15(19)11(2)12(10)9-14-17(20)6-7-18(14)21;1-10-7-13(16(3,4)9-19)15(21)11(2)12(10)8-14(20)18-6-5-17;1-9-6-12(16(3,4)5)15(20)10(2)11(9)7-13-17-8-14(19)18-13;1-10-8-13(16(3,4)5)15(19)11(2)12(10)9-14-17-6-7-18(14)20;1-10-8-13(16(3,4)5)15(20)11(2)12(10)9-14(19)18-7-6-17/h6,14,19-21H,7-8H2,1-5H3;8,19-20H,6-7,9H2,1-5H3;7,19,21H,5-6,8-9,17H2,1-4H3,(H,18,20);6,14,19-20H,7-8H2,1-5H3,(H,17,18);8,19-20H,6-7,9H2,1-5H3;8,20H,6-7,9,17H2,1-5H3,(H,18,19). The number of phenolic OH excluding ortho intramolecular Hbond substituents is 6. The summed E-state index contributed by atoms with van der Waals surface area (Å²) in [4.78, 5) is 36.4. The highest BCUT2D eigenvalue weighted by molar-refractivity contribution is 5.88. The molecule has 27 nitrogen and oxygen atoms in total. The zero-order valence-corrected chi connectivity index (χ0v) is 79.0. The predicted octanol–water partition coefficient (Wildman–Crippen LogP) is 12.7. The van der Waals surface area contributed by atoms with E-state index in [0.29, 0.717) is 130 Å². The number of aliphatic hydroxyl groups is 3. The Kier molecular flexibility index (Phi) is 35.8. The predicted molar refractivity (Wildman–Crippen MR) is 492 cm³/mol. The summed E-state index contributed by atoms with van der Waals surface area (Å²) in [7, 11) is 0. The highest BCUT2D eigenvalue weighted by Crippen LogP contribution is 2.43. The van der Waals surface area contributed by atoms with E-state index in [1.807, 2.05) is 107 Å². The molecule has 2 atom stereocenters. The van der Waals surface area contributed by atoms with Crippen molar-refractivity contribution in [3.63, 3.8) is 0 Å². The summed E-state index contributed by atoms with van der Waals surface area (Å²) in [6.45, 7) is 62.2. The molecule has 4 aliphatic heterocycles. The molecule has 2 unspecified atom stereocenters. The normalized spacial score (nSPS) is 15.5. The fourth-order valence-corrected chi connectivity index (χ4v) is 15.3. The van der Waals surface area contributed by atoms with Crippen molar-refractivity contribution in [2.24, 2.45) is 26.4 Å². The van der Waals surface area contributed by atoms with Crippen molar-refractivity contribution in [3.05, 3.63) is 175 Å². The molecule has 10 rings (SSSR count). The third kappa shape index (κ3) is 26.7. The topological polar surface area (TPSA) is 438 Å². The fourth-order valence-electron chi connectivity index (χ4n) is 15.3. The van der Waals surface area contributed by atoms with Crippen LogP contribution in [0.1, 0.15) is 251 Å². The maximum absolute atomic E-state index is 11.8. The van der Waals surface area contributed by atoms with Crippen LogP contribution in [-0.4, -0.2) is 201 Å². The maximum atomic E-state index is 11.8. The van der Waals surface area contributed by atoms with E-state index >= 15 is 0 Å². The minimum atomic E-state index is -0.969. The van der Waals surface area contributed by atoms with Gasteiger partial charge in [0.2, 0.25) is 11.8 Å². The maximum Gasteiger partial charge on any atom is 0.284 e. The van der Waals surface area contributed by atoms with E-state index in [4.69, 9.17) is 11.5 Å². The van der Waals surface area contributed by atoms with Gasteiger partial charge in [-0.15, -0.1) is 5.06 Å². The first-order chi connectivity index (χ1) is 56.6. The zero-order valence-electron chi connectivity index (χ0n) is 79.0. The lowest BCUT2D eigenvalue weighted by atomic mass is 9.81. The molecular formula is C96H148N12O15. The summed E-state index contributed by atoms with van der Waals surface area (Å²) in [5, 5.41) is 143. The second-order valence-corrected chi connectivity index (χ2v) is 38.9. The number of carbonyl (C=O) groups is 2. The van der Waals surface area contributed by atoms with Crippen LogP contribution in [0.4, 0.5) is 0 Å². The molecule has 6 aromatic rings. The van der Waals surface area contributed by atoms with E-state index in [1.165, 1.54) is 5.06 Å². The van der Waals surface area contributed by atoms with Crippen molar-refractivity contribution >= 4 is 35.2 Å². The Morgan fingerprint density at radius 3 is 1.05 bits per heavy atom. The molecule has 2 amide bonds. The Morgan fingerprint density at radius 1 is 0.447 bits per heavy atom. The van der Waals surface area contributed by atoms with Crippen molar-refractivity contribution in [2.45, 2.75) is 284 Å². The van der Waals surface area contributed by atoms with Gasteiger partial charge in [0.25, 0.3) is 5.84 Å². The number of hydroxylamine groups is 7. The van der Waals surface area contributed by atoms with Crippen LogP contribution in [0.5, 0.6) is 34.5 Å². The smallest absolute Gasteiger partial charge is 0.284 e. The van der Waals surface area contributed by atoms with Gasteiger partial charge in [0, 0.05) is 56.4 Å². The number of aryl methyl sites for hydroxylation is 6. The Morgan fingerprint density at radius 2 is 0.764 bits per heavy atom. The van der Waals surface area contributed by atoms with Gasteiger partial charge in [0.1, 0.15) is 64.8 Å². The summed E-state index contributed by atoms with van der Waals surface area (Å²) in [5.74, 6) is 3.82. The lowest BCUT2D eigenvalue weighted by Crippen LogP contribution is -2.34. The Labute approximate surface area is 730 Å². The van der Waals surface area contributed by atoms with E-state index in [9.17, 15) is 76.4 Å². The first kappa shape index (κ1) is 104. The molecule has 19 N–H and O–H groups in total. The highest BCUT2D eigenvalue weighted by Gasteiger charge is 2.34. The van der Waals surface area contributed by atoms with E-state index in [1.54, 1.807) is 6.92 Å². The minimum Gasteiger partial charge on any atom is -0.715 e. The van der Waals surface area contributed by atoms with Crippen LogP contribution in [0.25, 0.3) is 0 Å². The summed E-state index contributed by atoms with van der Waals surface area (Å²) < 4.78 is 0.813. The SMILES string of the molecule is Cc1cc(C(C)(C)C)c(O)c(C)c1CC(=O)NCCN.Cc1cc(C(C)(C)C)c(O)c(C)c1CC1=NCC(O)N1.Cc1cc(C(C)(C)C)c(O)c(C)c1CC1=NCC(O)N1O.Cc1cc(C(C)(C)C)c(O)c(C)c1CC1=NCCN1O.Cc1cc(C(C)(C)C)c(O)c(C)c1CC1=[N+]([O-])CCN1O.Cc1cc(C(C)(C)CO)c(O)c(C)c1CC(=O)NCCN. The molecule has 6 aromatic carbocycles. The van der Waals surface area contributed by atoms with Gasteiger partial charge in [-0.2, -0.15) is 0 Å². The van der Waals surface area contributed by atoms with Gasteiger partial charge in [-0.1, -0.05) is 154 Å². The third-order valence-electron chi connectivity index (χ3n) is 23.3. The number of hydrogen-bond donors (Lipinski definition) is 17. The molecule has 0 saturated carbocycles. The zero-order chi connectivity index (χ0) is 93.8. The summed E-state index contributed by atoms with van der Waals surface area (Å²) in [6, 6.07) is 11.9. The number of aromatic hydroxyl groups is 6. The van der Waals surface area contributed by atoms with E-state index in [2.05, 4.69) is 154 Å². The number of aliphatic imine (C=N–C) groups is 3. The molecule has 4 heterocycles. The summed E-state index contributed by atoms with van der Waals surface area (Å²) in [5.41, 5.74) is 31.8. The quantitative estimate of drug-likeness (QED) is 0.0281. The van der Waals surface area contributed by atoms with E-state index in [0.717, 1.165) is 143 Å². The van der Waals surface area contributed by atoms with Gasteiger partial charge in [-0.05, 0) is 238 Å². The van der Waals surface area contributed by atoms with Crippen molar-refractivity contribution in [1.82, 2.24) is 31.1 Å². The van der Waals surface area contributed by atoms with Crippen molar-refractivity contribution in [3.8, 4) is 34.5 Å². The van der Waals surface area contributed by atoms with Crippen LogP contribution in [0.2, 0.25) is 0 Å². The number of benzene rings is 6. The van der Waals surface area contributed by atoms with Crippen LogP contribution in [0, 0.1) is 88.3 Å². The van der Waals surface area contributed by atoms with Crippen LogP contribution < -0.4 is 27.4 Å². The number of nitrogens with two attached hydrogens (primary N) is 2. The molecule has 0 bridgehead atoms. The number of amides is 2. The number of aliphatic hydroxyl groups excluding tert-OH is 3. The molecule has 0 fully saturated rings. The Bertz CT molecular complexity index is 4890. The molecule has 0 radical (unpaired) electrons. The molecule has 123 heavy (non-hydrogen) atoms. The molecule has 27 heteroatoms. The number of phenols is 6. The second kappa shape index (κ2) is 42.4. The highest BCUT2D eigenvalue weighted by atomic mass is 16.5. The first-order valence-corrected chi connectivity index (χ1v) is 42.5. The third-order valence-corrected chi connectivity index (χ3v) is 23.3. The monoisotopic (exact) mass is 1710 g/mol. The van der Waals surface area contributed by atoms with Crippen molar-refractivity contribution in [1.29, 1.82) is 0 Å². The Hall–Kier alpha value is -9.58. The number of nitrogens with zero attached hydrogens (tertiary/aromatic N) is 7. The largest absolute Gasteiger partial charge is 0.715 e. The average Bonchev–Trinajstić information content (AvgIpc) is 1.80. The summed E-state index contributed by atoms with van der Waals surface area (Å²) >= 11 is 0. The molecular weight excluding hydrogens is 1560 g/mol. The molecule has 0 aromatic heterocycles. The lowest BCUT2D eigenvalue weighted by molar-refractivity contribution is -0.447. The van der Waals surface area contributed by atoms with Gasteiger partial charge in [-0.3, -0.25) is 39.7 Å². The van der Waals surface area contributed by atoms with Crippen LogP contribution in [-0.2, 0) is 80.6 Å². The molecule has 0 saturated heterocycles. The lowest BCUT2D eigenvalue weighted by Gasteiger charge is -2.26. The van der Waals surface area contributed by atoms with Gasteiger partial charge in [0.15, 0.2) is 12.8 Å². The number of rotatable bonds is 18. The van der Waals surface area contributed by atoms with E-state index in [-0.39, 0.29) is 82.9 Å². The molecule has 682 valence electrons. The Balaban J connectivity index is 0.000000262. The number of nitrogens with one attached hydrogen (secondary N) is 3. The summed E-state index contributed by atoms with van der Waals surface area (Å²) in [6.07, 6.45) is 0.842. The minimum absolute atomic E-state index is 0.0597. The van der Waals surface area contributed by atoms with Crippen LogP contribution in [0.15, 0.2) is 51.4 Å². The van der Waals surface area contributed by atoms with Crippen molar-refractivity contribution in [2.75, 3.05) is 72.1 Å². The first-order valence-electron chi connectivity index (χ1n) is 42.5. The van der Waals surface area contributed by atoms with E-state index < -0.39 is 17.9 Å². The number of amidine groups is 4. The van der Waals surface area contributed by atoms with Crippen LogP contribution in [0.3, 0.4) is 0 Å². The average molecular weight is 1710 g/mol. The van der Waals surface area contributed by atoms with Gasteiger partial charge < -0.3 is 78.6 Å².